The number of hydrogen-bond acceptors (Lipinski definition) is 6. The molecule has 2 aromatic carbocycles. The Morgan fingerprint density at radius 3 is 2.53 bits per heavy atom. The van der Waals surface area contributed by atoms with E-state index in [4.69, 9.17) is 16.6 Å². The minimum absolute atomic E-state index is 0.135. The van der Waals surface area contributed by atoms with Crippen molar-refractivity contribution in [3.63, 3.8) is 0 Å². The van der Waals surface area contributed by atoms with Crippen molar-refractivity contribution in [2.45, 2.75) is 58.0 Å². The molecule has 7 nitrogen and oxygen atoms in total. The monoisotopic (exact) mass is 590 g/mol. The highest BCUT2D eigenvalue weighted by Crippen LogP contribution is 2.37. The van der Waals surface area contributed by atoms with Crippen LogP contribution in [0.1, 0.15) is 49.8 Å². The van der Waals surface area contributed by atoms with E-state index in [1.165, 1.54) is 44.3 Å². The smallest absolute Gasteiger partial charge is 0.260 e. The molecule has 5 aromatic rings. The molecule has 0 saturated carbocycles. The number of aryl methyl sites for hydroxylation is 2. The molecule has 0 aliphatic carbocycles. The Morgan fingerprint density at radius 1 is 0.930 bits per heavy atom. The predicted molar refractivity (Wildman–Crippen MR) is 174 cm³/mol. The lowest BCUT2D eigenvalue weighted by atomic mass is 9.85. The lowest BCUT2D eigenvalue weighted by molar-refractivity contribution is 0.181. The van der Waals surface area contributed by atoms with Gasteiger partial charge in [0.25, 0.3) is 5.56 Å². The van der Waals surface area contributed by atoms with Gasteiger partial charge in [-0.05, 0) is 100.0 Å². The number of hydrogen-bond donors (Lipinski definition) is 1. The first-order chi connectivity index (χ1) is 21.0. The van der Waals surface area contributed by atoms with Gasteiger partial charge >= 0.3 is 0 Å². The van der Waals surface area contributed by atoms with Crippen LogP contribution in [-0.4, -0.2) is 43.6 Å². The Morgan fingerprint density at radius 2 is 1.77 bits per heavy atom. The summed E-state index contributed by atoms with van der Waals surface area (Å²) in [5.74, 6) is 1.09. The fourth-order valence-electron chi connectivity index (χ4n) is 6.75. The molecule has 1 N–H and O–H groups in total. The Labute approximate surface area is 256 Å². The molecule has 2 aliphatic rings. The van der Waals surface area contributed by atoms with Crippen molar-refractivity contribution in [1.82, 2.24) is 24.4 Å². The number of aromatic nitrogens is 4. The first kappa shape index (κ1) is 27.7. The SMILES string of the molecule is CCn1c(=O)c(-c2ccc(-c3ccc(C)nc3)cc2Cl)cc2cnc(Nc3ccc(C4CCN5CCCC5C4)cc3)nc21. The Bertz CT molecular complexity index is 1850. The maximum atomic E-state index is 13.7. The molecule has 2 aliphatic heterocycles. The fraction of sp³-hybridized carbons (Fsp3) is 0.314. The first-order valence-corrected chi connectivity index (χ1v) is 15.6. The zero-order valence-corrected chi connectivity index (χ0v) is 25.3. The third-order valence-corrected chi connectivity index (χ3v) is 9.42. The zero-order valence-electron chi connectivity index (χ0n) is 24.6. The van der Waals surface area contributed by atoms with Gasteiger partial charge < -0.3 is 10.2 Å². The second-order valence-electron chi connectivity index (χ2n) is 11.8. The summed E-state index contributed by atoms with van der Waals surface area (Å²) in [6.07, 6.45) is 8.77. The molecule has 5 heterocycles. The van der Waals surface area contributed by atoms with Gasteiger partial charge in [0.05, 0.1) is 0 Å². The van der Waals surface area contributed by atoms with Gasteiger partial charge in [-0.25, -0.2) is 4.98 Å². The van der Waals surface area contributed by atoms with Crippen LogP contribution in [0.25, 0.3) is 33.3 Å². The summed E-state index contributed by atoms with van der Waals surface area (Å²) in [6, 6.07) is 21.0. The quantitative estimate of drug-likeness (QED) is 0.220. The first-order valence-electron chi connectivity index (χ1n) is 15.2. The highest BCUT2D eigenvalue weighted by molar-refractivity contribution is 6.33. The third-order valence-electron chi connectivity index (χ3n) is 9.11. The summed E-state index contributed by atoms with van der Waals surface area (Å²) in [6.45, 7) is 6.86. The summed E-state index contributed by atoms with van der Waals surface area (Å²) in [7, 11) is 0. The van der Waals surface area contributed by atoms with E-state index in [0.717, 1.165) is 33.9 Å². The largest absolute Gasteiger partial charge is 0.324 e. The van der Waals surface area contributed by atoms with Gasteiger partial charge in [0.2, 0.25) is 5.95 Å². The molecular formula is C35H35ClN6O. The Balaban J connectivity index is 1.14. The van der Waals surface area contributed by atoms with Gasteiger partial charge in [-0.3, -0.25) is 14.3 Å². The normalized spacial score (nSPS) is 18.6. The molecule has 2 saturated heterocycles. The molecule has 0 radical (unpaired) electrons. The van der Waals surface area contributed by atoms with Crippen LogP contribution in [0.5, 0.6) is 0 Å². The van der Waals surface area contributed by atoms with Crippen LogP contribution in [0.4, 0.5) is 11.6 Å². The number of anilines is 2. The van der Waals surface area contributed by atoms with Gasteiger partial charge in [0.15, 0.2) is 0 Å². The fourth-order valence-corrected chi connectivity index (χ4v) is 7.03. The van der Waals surface area contributed by atoms with Gasteiger partial charge in [-0.15, -0.1) is 0 Å². The van der Waals surface area contributed by atoms with Crippen LogP contribution in [0.2, 0.25) is 5.02 Å². The molecule has 218 valence electrons. The Hall–Kier alpha value is -4.07. The van der Waals surface area contributed by atoms with Crippen molar-refractivity contribution >= 4 is 34.3 Å². The molecule has 8 heteroatoms. The molecule has 3 aromatic heterocycles. The van der Waals surface area contributed by atoms with Crippen LogP contribution >= 0.6 is 11.6 Å². The van der Waals surface area contributed by atoms with Crippen molar-refractivity contribution in [1.29, 1.82) is 0 Å². The third kappa shape index (κ3) is 5.43. The van der Waals surface area contributed by atoms with E-state index in [1.807, 2.05) is 56.4 Å². The van der Waals surface area contributed by atoms with Crippen LogP contribution in [0.3, 0.4) is 0 Å². The van der Waals surface area contributed by atoms with Gasteiger partial charge in [0.1, 0.15) is 5.65 Å². The van der Waals surface area contributed by atoms with Gasteiger partial charge in [-0.2, -0.15) is 4.98 Å². The zero-order chi connectivity index (χ0) is 29.5. The second-order valence-corrected chi connectivity index (χ2v) is 12.2. The van der Waals surface area contributed by atoms with E-state index in [2.05, 4.69) is 44.5 Å². The van der Waals surface area contributed by atoms with Crippen LogP contribution < -0.4 is 10.9 Å². The van der Waals surface area contributed by atoms with Crippen LogP contribution in [-0.2, 0) is 6.54 Å². The second kappa shape index (κ2) is 11.5. The van der Waals surface area contributed by atoms with E-state index >= 15 is 0 Å². The summed E-state index contributed by atoms with van der Waals surface area (Å²) < 4.78 is 1.68. The minimum atomic E-state index is -0.135. The Kier molecular flexibility index (Phi) is 7.45. The lowest BCUT2D eigenvalue weighted by Crippen LogP contribution is -2.37. The van der Waals surface area contributed by atoms with Crippen molar-refractivity contribution in [3.8, 4) is 22.3 Å². The number of rotatable bonds is 6. The number of halogens is 1. The van der Waals surface area contributed by atoms with Crippen molar-refractivity contribution in [2.24, 2.45) is 0 Å². The maximum Gasteiger partial charge on any atom is 0.260 e. The van der Waals surface area contributed by atoms with Gasteiger partial charge in [-0.1, -0.05) is 41.9 Å². The average molecular weight is 591 g/mol. The van der Waals surface area contributed by atoms with Crippen molar-refractivity contribution in [2.75, 3.05) is 18.4 Å². The summed E-state index contributed by atoms with van der Waals surface area (Å²) in [5, 5.41) is 4.63. The van der Waals surface area contributed by atoms with E-state index in [0.29, 0.717) is 40.2 Å². The molecule has 2 fully saturated rings. The molecular weight excluding hydrogens is 556 g/mol. The standard InChI is InChI=1S/C35H35ClN6O/c1-3-42-33-27(18-31(34(42)43)30-13-10-24(19-32(30)36)26-7-6-22(2)37-20-26)21-38-35(40-33)39-28-11-8-23(9-12-28)25-14-16-41-15-4-5-29(41)17-25/h6-13,18-21,25,29H,3-5,14-17H2,1-2H3,(H,38,39,40). The molecule has 0 spiro atoms. The van der Waals surface area contributed by atoms with E-state index < -0.39 is 0 Å². The van der Waals surface area contributed by atoms with E-state index in [1.54, 1.807) is 10.8 Å². The molecule has 2 unspecified atom stereocenters. The lowest BCUT2D eigenvalue weighted by Gasteiger charge is -2.35. The highest BCUT2D eigenvalue weighted by Gasteiger charge is 2.32. The number of nitrogens with one attached hydrogen (secondary N) is 1. The molecule has 7 rings (SSSR count). The van der Waals surface area contributed by atoms with Crippen LogP contribution in [0.15, 0.2) is 77.9 Å². The highest BCUT2D eigenvalue weighted by atomic mass is 35.5. The number of nitrogens with zero attached hydrogens (tertiary/aromatic N) is 5. The summed E-state index contributed by atoms with van der Waals surface area (Å²) in [5.41, 5.74) is 6.87. The summed E-state index contributed by atoms with van der Waals surface area (Å²) >= 11 is 6.75. The summed E-state index contributed by atoms with van der Waals surface area (Å²) in [4.78, 5) is 30.1. The van der Waals surface area contributed by atoms with E-state index in [9.17, 15) is 4.79 Å². The molecule has 2 atom stereocenters. The number of piperidine rings is 1. The number of pyridine rings is 2. The van der Waals surface area contributed by atoms with Crippen molar-refractivity contribution < 1.29 is 0 Å². The predicted octanol–water partition coefficient (Wildman–Crippen LogP) is 7.59. The topological polar surface area (TPSA) is 75.9 Å². The molecule has 43 heavy (non-hydrogen) atoms. The van der Waals surface area contributed by atoms with Crippen molar-refractivity contribution in [3.05, 3.63) is 99.7 Å². The van der Waals surface area contributed by atoms with E-state index in [-0.39, 0.29) is 5.56 Å². The number of fused-ring (bicyclic) bond motifs is 2. The number of benzene rings is 2. The molecule has 0 bridgehead atoms. The molecule has 0 amide bonds. The van der Waals surface area contributed by atoms with Gasteiger partial charge in [0, 0.05) is 63.5 Å². The minimum Gasteiger partial charge on any atom is -0.324 e. The van der Waals surface area contributed by atoms with Crippen LogP contribution in [0, 0.1) is 6.92 Å². The average Bonchev–Trinajstić information content (AvgIpc) is 3.50. The maximum absolute atomic E-state index is 13.7.